The second-order valence-corrected chi connectivity index (χ2v) is 8.19. The van der Waals surface area contributed by atoms with E-state index in [2.05, 4.69) is 10.6 Å². The van der Waals surface area contributed by atoms with Gasteiger partial charge in [-0.3, -0.25) is 0 Å². The number of piperidine rings is 1. The van der Waals surface area contributed by atoms with Crippen molar-refractivity contribution >= 4 is 21.7 Å². The van der Waals surface area contributed by atoms with Crippen molar-refractivity contribution in [2.75, 3.05) is 24.2 Å². The van der Waals surface area contributed by atoms with Crippen molar-refractivity contribution in [3.05, 3.63) is 29.8 Å². The fourth-order valence-electron chi connectivity index (χ4n) is 2.67. The molecule has 1 aromatic carbocycles. The standard InChI is InChI=1S/C15H17F6N3O3S/c16-14(17,18)9-28(26,27)24-7-5-12(6-8-24)23-13(25)22-11-3-1-10(2-4-11)15(19,20)21/h1-4,12H,5-9H2,(H2,22,23,25). The molecule has 0 aliphatic carbocycles. The average molecular weight is 433 g/mol. The number of alkyl halides is 6. The minimum absolute atomic E-state index is 0.109. The van der Waals surface area contributed by atoms with Gasteiger partial charge in [-0.25, -0.2) is 17.5 Å². The van der Waals surface area contributed by atoms with Gasteiger partial charge in [-0.2, -0.15) is 26.3 Å². The van der Waals surface area contributed by atoms with Gasteiger partial charge in [0.15, 0.2) is 5.75 Å². The van der Waals surface area contributed by atoms with Crippen LogP contribution in [-0.2, 0) is 16.2 Å². The number of rotatable bonds is 4. The molecule has 2 N–H and O–H groups in total. The molecule has 1 aliphatic rings. The lowest BCUT2D eigenvalue weighted by Crippen LogP contribution is -2.49. The fraction of sp³-hybridized carbons (Fsp3) is 0.533. The van der Waals surface area contributed by atoms with E-state index in [4.69, 9.17) is 0 Å². The van der Waals surface area contributed by atoms with Gasteiger partial charge in [-0.05, 0) is 37.1 Å². The van der Waals surface area contributed by atoms with Crippen LogP contribution >= 0.6 is 0 Å². The topological polar surface area (TPSA) is 78.5 Å². The first-order valence-corrected chi connectivity index (χ1v) is 9.66. The van der Waals surface area contributed by atoms with Crippen LogP contribution in [0.2, 0.25) is 0 Å². The van der Waals surface area contributed by atoms with E-state index < -0.39 is 45.8 Å². The van der Waals surface area contributed by atoms with Crippen molar-refractivity contribution in [1.29, 1.82) is 0 Å². The molecule has 1 saturated heterocycles. The molecule has 158 valence electrons. The highest BCUT2D eigenvalue weighted by Gasteiger charge is 2.39. The summed E-state index contributed by atoms with van der Waals surface area (Å²) < 4.78 is 98.5. The largest absolute Gasteiger partial charge is 0.416 e. The predicted molar refractivity (Wildman–Crippen MR) is 88.0 cm³/mol. The molecule has 0 aromatic heterocycles. The molecular weight excluding hydrogens is 416 g/mol. The van der Waals surface area contributed by atoms with Crippen LogP contribution in [0.15, 0.2) is 24.3 Å². The van der Waals surface area contributed by atoms with E-state index in [0.717, 1.165) is 28.6 Å². The molecule has 0 bridgehead atoms. The zero-order chi connectivity index (χ0) is 21.2. The summed E-state index contributed by atoms with van der Waals surface area (Å²) in [5.74, 6) is -1.94. The smallest absolute Gasteiger partial charge is 0.335 e. The van der Waals surface area contributed by atoms with E-state index in [1.54, 1.807) is 0 Å². The highest BCUT2D eigenvalue weighted by Crippen LogP contribution is 2.29. The number of carbonyl (C=O) groups is 1. The first kappa shape index (κ1) is 22.3. The molecule has 1 aromatic rings. The van der Waals surface area contributed by atoms with Crippen LogP contribution in [0, 0.1) is 0 Å². The number of urea groups is 1. The van der Waals surface area contributed by atoms with E-state index >= 15 is 0 Å². The van der Waals surface area contributed by atoms with Crippen molar-refractivity contribution in [1.82, 2.24) is 9.62 Å². The number of anilines is 1. The van der Waals surface area contributed by atoms with Gasteiger partial charge < -0.3 is 10.6 Å². The SMILES string of the molecule is O=C(Nc1ccc(C(F)(F)F)cc1)NC1CCN(S(=O)(=O)CC(F)(F)F)CC1. The van der Waals surface area contributed by atoms with Crippen molar-refractivity contribution < 1.29 is 39.6 Å². The van der Waals surface area contributed by atoms with Gasteiger partial charge in [0, 0.05) is 24.8 Å². The number of hydrogen-bond acceptors (Lipinski definition) is 3. The Morgan fingerprint density at radius 3 is 2.04 bits per heavy atom. The maximum absolute atomic E-state index is 12.5. The molecule has 1 heterocycles. The van der Waals surface area contributed by atoms with Crippen LogP contribution in [0.25, 0.3) is 0 Å². The molecule has 1 fully saturated rings. The lowest BCUT2D eigenvalue weighted by atomic mass is 10.1. The minimum Gasteiger partial charge on any atom is -0.335 e. The molecule has 2 rings (SSSR count). The number of benzene rings is 1. The minimum atomic E-state index is -4.84. The Morgan fingerprint density at radius 1 is 1.04 bits per heavy atom. The van der Waals surface area contributed by atoms with Gasteiger partial charge >= 0.3 is 18.4 Å². The molecule has 1 aliphatic heterocycles. The summed E-state index contributed by atoms with van der Waals surface area (Å²) >= 11 is 0. The monoisotopic (exact) mass is 433 g/mol. The van der Waals surface area contributed by atoms with Crippen LogP contribution in [0.1, 0.15) is 18.4 Å². The van der Waals surface area contributed by atoms with Crippen LogP contribution in [0.5, 0.6) is 0 Å². The van der Waals surface area contributed by atoms with Crippen molar-refractivity contribution in [2.24, 2.45) is 0 Å². The van der Waals surface area contributed by atoms with Gasteiger partial charge in [0.2, 0.25) is 10.0 Å². The molecule has 6 nitrogen and oxygen atoms in total. The van der Waals surface area contributed by atoms with Crippen LogP contribution < -0.4 is 10.6 Å². The molecule has 2 amide bonds. The van der Waals surface area contributed by atoms with Crippen molar-refractivity contribution in [3.8, 4) is 0 Å². The van der Waals surface area contributed by atoms with Crippen molar-refractivity contribution in [3.63, 3.8) is 0 Å². The van der Waals surface area contributed by atoms with Gasteiger partial charge in [-0.15, -0.1) is 0 Å². The molecule has 0 spiro atoms. The average Bonchev–Trinajstić information content (AvgIpc) is 2.52. The molecule has 0 unspecified atom stereocenters. The maximum atomic E-state index is 12.5. The Morgan fingerprint density at radius 2 is 1.57 bits per heavy atom. The van der Waals surface area contributed by atoms with E-state index in [9.17, 15) is 39.6 Å². The summed E-state index contributed by atoms with van der Waals surface area (Å²) in [4.78, 5) is 11.9. The van der Waals surface area contributed by atoms with Gasteiger partial charge in [0.05, 0.1) is 5.56 Å². The number of halogens is 6. The Labute approximate surface area is 156 Å². The van der Waals surface area contributed by atoms with E-state index in [0.29, 0.717) is 0 Å². The van der Waals surface area contributed by atoms with E-state index in [1.165, 1.54) is 0 Å². The normalized spacial score (nSPS) is 17.4. The third kappa shape index (κ3) is 6.55. The summed E-state index contributed by atoms with van der Waals surface area (Å²) in [6.07, 6.45) is -9.12. The Hall–Kier alpha value is -2.02. The Kier molecular flexibility index (Phi) is 6.48. The Balaban J connectivity index is 1.83. The highest BCUT2D eigenvalue weighted by molar-refractivity contribution is 7.89. The highest BCUT2D eigenvalue weighted by atomic mass is 32.2. The molecule has 0 atom stereocenters. The van der Waals surface area contributed by atoms with Gasteiger partial charge in [0.1, 0.15) is 0 Å². The summed E-state index contributed by atoms with van der Waals surface area (Å²) in [5, 5.41) is 4.86. The number of nitrogens with one attached hydrogen (secondary N) is 2. The zero-order valence-electron chi connectivity index (χ0n) is 14.3. The summed E-state index contributed by atoms with van der Waals surface area (Å²) in [6.45, 7) is -0.354. The number of nitrogens with zero attached hydrogens (tertiary/aromatic N) is 1. The lowest BCUT2D eigenvalue weighted by Gasteiger charge is -2.31. The fourth-order valence-corrected chi connectivity index (χ4v) is 4.03. The molecule has 0 radical (unpaired) electrons. The zero-order valence-corrected chi connectivity index (χ0v) is 15.1. The van der Waals surface area contributed by atoms with Crippen LogP contribution in [0.3, 0.4) is 0 Å². The summed E-state index contributed by atoms with van der Waals surface area (Å²) in [7, 11) is -4.47. The summed E-state index contributed by atoms with van der Waals surface area (Å²) in [6, 6.07) is 2.57. The van der Waals surface area contributed by atoms with Crippen LogP contribution in [-0.4, -0.2) is 49.8 Å². The Bertz CT molecular complexity index is 785. The first-order valence-electron chi connectivity index (χ1n) is 8.06. The second kappa shape index (κ2) is 8.15. The van der Waals surface area contributed by atoms with Crippen molar-refractivity contribution in [2.45, 2.75) is 31.2 Å². The number of carbonyl (C=O) groups excluding carboxylic acids is 1. The predicted octanol–water partition coefficient (Wildman–Crippen LogP) is 3.18. The van der Waals surface area contributed by atoms with E-state index in [-0.39, 0.29) is 31.6 Å². The molecular formula is C15H17F6N3O3S. The van der Waals surface area contributed by atoms with Gasteiger partial charge in [0.25, 0.3) is 0 Å². The molecule has 0 saturated carbocycles. The second-order valence-electron chi connectivity index (χ2n) is 6.22. The third-order valence-corrected chi connectivity index (χ3v) is 5.84. The summed E-state index contributed by atoms with van der Waals surface area (Å²) in [5.41, 5.74) is -0.749. The number of sulfonamides is 1. The number of hydrogen-bond donors (Lipinski definition) is 2. The molecule has 13 heteroatoms. The third-order valence-electron chi connectivity index (χ3n) is 4.00. The first-order chi connectivity index (χ1) is 12.8. The quantitative estimate of drug-likeness (QED) is 0.716. The van der Waals surface area contributed by atoms with E-state index in [1.807, 2.05) is 0 Å². The van der Waals surface area contributed by atoms with Gasteiger partial charge in [-0.1, -0.05) is 0 Å². The molecule has 28 heavy (non-hydrogen) atoms. The maximum Gasteiger partial charge on any atom is 0.416 e. The lowest BCUT2D eigenvalue weighted by molar-refractivity contribution is -0.137. The number of amides is 2. The van der Waals surface area contributed by atoms with Crippen LogP contribution in [0.4, 0.5) is 36.8 Å².